The maximum atomic E-state index is 13.0. The van der Waals surface area contributed by atoms with Gasteiger partial charge in [-0.25, -0.2) is 8.42 Å². The maximum absolute atomic E-state index is 13.0. The van der Waals surface area contributed by atoms with Crippen LogP contribution in [-0.2, 0) is 19.6 Å². The van der Waals surface area contributed by atoms with E-state index in [0.29, 0.717) is 63.5 Å². The topological polar surface area (TPSA) is 113 Å². The van der Waals surface area contributed by atoms with Crippen LogP contribution in [0.1, 0.15) is 25.7 Å². The lowest BCUT2D eigenvalue weighted by atomic mass is 9.93. The summed E-state index contributed by atoms with van der Waals surface area (Å²) in [6.07, 6.45) is 1.86. The van der Waals surface area contributed by atoms with Gasteiger partial charge in [0.25, 0.3) is 0 Å². The maximum Gasteiger partial charge on any atom is 0.306 e. The molecule has 0 spiro atoms. The number of carbonyl (C=O) groups excluding carboxylic acids is 1. The molecule has 3 aliphatic heterocycles. The van der Waals surface area contributed by atoms with Crippen molar-refractivity contribution in [2.75, 3.05) is 39.4 Å². The average Bonchev–Trinajstić information content (AvgIpc) is 2.78. The number of rotatable bonds is 4. The van der Waals surface area contributed by atoms with Crippen LogP contribution in [0.25, 0.3) is 0 Å². The van der Waals surface area contributed by atoms with E-state index in [1.54, 1.807) is 11.0 Å². The lowest BCUT2D eigenvalue weighted by Crippen LogP contribution is -2.47. The molecule has 0 bridgehead atoms. The molecule has 2 fully saturated rings. The fourth-order valence-corrected chi connectivity index (χ4v) is 5.77. The normalized spacial score (nSPS) is 21.4. The van der Waals surface area contributed by atoms with Crippen LogP contribution >= 0.6 is 0 Å². The van der Waals surface area contributed by atoms with Crippen molar-refractivity contribution in [1.29, 1.82) is 0 Å². The summed E-state index contributed by atoms with van der Waals surface area (Å²) in [6.45, 7) is 2.27. The highest BCUT2D eigenvalue weighted by Gasteiger charge is 2.36. The van der Waals surface area contributed by atoms with Crippen LogP contribution in [0.4, 0.5) is 0 Å². The fourth-order valence-electron chi connectivity index (χ4n) is 4.28. The van der Waals surface area contributed by atoms with Crippen molar-refractivity contribution in [3.8, 4) is 11.5 Å². The van der Waals surface area contributed by atoms with E-state index in [-0.39, 0.29) is 35.7 Å². The molecule has 3 heterocycles. The Labute approximate surface area is 175 Å². The number of hydrogen-bond donors (Lipinski definition) is 1. The molecule has 1 N–H and O–H groups in total. The fraction of sp³-hybridized carbons (Fsp3) is 0.600. The lowest BCUT2D eigenvalue weighted by molar-refractivity contribution is -0.147. The SMILES string of the molecule is O=C(O)C1CCN(C(=O)C2CCN(S(=O)(=O)c3ccc4c(c3)OCCO4)CC2)CC1. The third-order valence-corrected chi connectivity index (χ3v) is 8.01. The van der Waals surface area contributed by atoms with Gasteiger partial charge in [-0.05, 0) is 37.8 Å². The number of fused-ring (bicyclic) bond motifs is 1. The summed E-state index contributed by atoms with van der Waals surface area (Å²) in [6, 6.07) is 4.62. The first-order chi connectivity index (χ1) is 14.4. The first-order valence-corrected chi connectivity index (χ1v) is 11.7. The Hall–Kier alpha value is -2.33. The second kappa shape index (κ2) is 8.43. The van der Waals surface area contributed by atoms with Crippen molar-refractivity contribution in [2.45, 2.75) is 30.6 Å². The molecule has 30 heavy (non-hydrogen) atoms. The number of ether oxygens (including phenoxy) is 2. The molecule has 4 rings (SSSR count). The molecule has 0 unspecified atom stereocenters. The van der Waals surface area contributed by atoms with E-state index >= 15 is 0 Å². The van der Waals surface area contributed by atoms with Crippen molar-refractivity contribution < 1.29 is 32.6 Å². The zero-order valence-electron chi connectivity index (χ0n) is 16.7. The molecule has 0 saturated carbocycles. The van der Waals surface area contributed by atoms with Crippen molar-refractivity contribution >= 4 is 21.9 Å². The summed E-state index contributed by atoms with van der Waals surface area (Å²) in [4.78, 5) is 25.8. The van der Waals surface area contributed by atoms with Crippen LogP contribution < -0.4 is 9.47 Å². The number of carbonyl (C=O) groups is 2. The lowest BCUT2D eigenvalue weighted by Gasteiger charge is -2.36. The summed E-state index contributed by atoms with van der Waals surface area (Å²) < 4.78 is 38.4. The van der Waals surface area contributed by atoms with E-state index in [4.69, 9.17) is 14.6 Å². The Balaban J connectivity index is 1.36. The molecular weight excluding hydrogens is 412 g/mol. The van der Waals surface area contributed by atoms with E-state index in [0.717, 1.165) is 0 Å². The van der Waals surface area contributed by atoms with Crippen LogP contribution in [0, 0.1) is 11.8 Å². The number of amides is 1. The zero-order valence-corrected chi connectivity index (χ0v) is 17.5. The highest BCUT2D eigenvalue weighted by Crippen LogP contribution is 2.34. The Morgan fingerprint density at radius 3 is 2.13 bits per heavy atom. The highest BCUT2D eigenvalue weighted by molar-refractivity contribution is 7.89. The monoisotopic (exact) mass is 438 g/mol. The Morgan fingerprint density at radius 2 is 1.50 bits per heavy atom. The molecule has 9 nitrogen and oxygen atoms in total. The van der Waals surface area contributed by atoms with Gasteiger partial charge in [-0.1, -0.05) is 0 Å². The van der Waals surface area contributed by atoms with Gasteiger partial charge in [0.2, 0.25) is 15.9 Å². The Morgan fingerprint density at radius 1 is 0.900 bits per heavy atom. The van der Waals surface area contributed by atoms with E-state index in [1.165, 1.54) is 16.4 Å². The van der Waals surface area contributed by atoms with E-state index in [1.807, 2.05) is 0 Å². The van der Waals surface area contributed by atoms with Crippen LogP contribution in [0.5, 0.6) is 11.5 Å². The summed E-state index contributed by atoms with van der Waals surface area (Å²) in [5, 5.41) is 9.10. The summed E-state index contributed by atoms with van der Waals surface area (Å²) >= 11 is 0. The molecule has 2 saturated heterocycles. The van der Waals surface area contributed by atoms with Gasteiger partial charge in [0.05, 0.1) is 10.8 Å². The predicted molar refractivity (Wildman–Crippen MR) is 106 cm³/mol. The van der Waals surface area contributed by atoms with Crippen LogP contribution in [0.15, 0.2) is 23.1 Å². The largest absolute Gasteiger partial charge is 0.486 e. The predicted octanol–water partition coefficient (Wildman–Crippen LogP) is 1.18. The van der Waals surface area contributed by atoms with Crippen LogP contribution in [-0.4, -0.2) is 74.0 Å². The van der Waals surface area contributed by atoms with Gasteiger partial charge in [-0.3, -0.25) is 9.59 Å². The van der Waals surface area contributed by atoms with E-state index in [9.17, 15) is 18.0 Å². The molecule has 0 radical (unpaired) electrons. The third kappa shape index (κ3) is 4.11. The van der Waals surface area contributed by atoms with Crippen molar-refractivity contribution in [2.24, 2.45) is 11.8 Å². The Bertz CT molecular complexity index is 917. The standard InChI is InChI=1S/C20H26N2O7S/c23-19(21-7-3-15(4-8-21)20(24)25)14-5-9-22(10-6-14)30(26,27)16-1-2-17-18(13-16)29-12-11-28-17/h1-2,13-15H,3-12H2,(H,24,25). The minimum atomic E-state index is -3.68. The van der Waals surface area contributed by atoms with Crippen molar-refractivity contribution in [1.82, 2.24) is 9.21 Å². The second-order valence-electron chi connectivity index (χ2n) is 7.92. The summed E-state index contributed by atoms with van der Waals surface area (Å²) in [7, 11) is -3.68. The number of sulfonamides is 1. The van der Waals surface area contributed by atoms with Gasteiger partial charge in [-0.2, -0.15) is 4.31 Å². The van der Waals surface area contributed by atoms with E-state index in [2.05, 4.69) is 0 Å². The molecular formula is C20H26N2O7S. The smallest absolute Gasteiger partial charge is 0.306 e. The van der Waals surface area contributed by atoms with Gasteiger partial charge >= 0.3 is 5.97 Å². The number of nitrogens with zero attached hydrogens (tertiary/aromatic N) is 2. The first kappa shape index (κ1) is 20.9. The zero-order chi connectivity index (χ0) is 21.3. The molecule has 0 atom stereocenters. The van der Waals surface area contributed by atoms with Crippen LogP contribution in [0.3, 0.4) is 0 Å². The number of likely N-dealkylation sites (tertiary alicyclic amines) is 1. The molecule has 1 aromatic carbocycles. The molecule has 1 amide bonds. The number of aliphatic carboxylic acids is 1. The Kier molecular flexibility index (Phi) is 5.88. The molecule has 0 aliphatic carbocycles. The van der Waals surface area contributed by atoms with E-state index < -0.39 is 16.0 Å². The number of hydrogen-bond acceptors (Lipinski definition) is 6. The summed E-state index contributed by atoms with van der Waals surface area (Å²) in [5.74, 6) is -0.437. The number of benzene rings is 1. The number of carboxylic acid groups (broad SMARTS) is 1. The van der Waals surface area contributed by atoms with Crippen molar-refractivity contribution in [3.63, 3.8) is 0 Å². The second-order valence-corrected chi connectivity index (χ2v) is 9.86. The molecule has 3 aliphatic rings. The van der Waals surface area contributed by atoms with Gasteiger partial charge < -0.3 is 19.5 Å². The first-order valence-electron chi connectivity index (χ1n) is 10.3. The van der Waals surface area contributed by atoms with Gasteiger partial charge in [-0.15, -0.1) is 0 Å². The van der Waals surface area contributed by atoms with Crippen LogP contribution in [0.2, 0.25) is 0 Å². The highest BCUT2D eigenvalue weighted by atomic mass is 32.2. The average molecular weight is 439 g/mol. The number of piperidine rings is 2. The molecule has 0 aromatic heterocycles. The van der Waals surface area contributed by atoms with Gasteiger partial charge in [0.1, 0.15) is 13.2 Å². The van der Waals surface area contributed by atoms with Gasteiger partial charge in [0, 0.05) is 38.2 Å². The minimum absolute atomic E-state index is 0.00946. The quantitative estimate of drug-likeness (QED) is 0.751. The molecule has 164 valence electrons. The molecule has 1 aromatic rings. The summed E-state index contributed by atoms with van der Waals surface area (Å²) in [5.41, 5.74) is 0. The molecule has 10 heteroatoms. The number of carboxylic acids is 1. The van der Waals surface area contributed by atoms with Crippen molar-refractivity contribution in [3.05, 3.63) is 18.2 Å². The van der Waals surface area contributed by atoms with Gasteiger partial charge in [0.15, 0.2) is 11.5 Å². The third-order valence-electron chi connectivity index (χ3n) is 6.11. The minimum Gasteiger partial charge on any atom is -0.486 e.